The summed E-state index contributed by atoms with van der Waals surface area (Å²) in [6.45, 7) is 8.04. The summed E-state index contributed by atoms with van der Waals surface area (Å²) in [6, 6.07) is 13.7. The molecule has 3 aliphatic rings. The van der Waals surface area contributed by atoms with Crippen molar-refractivity contribution in [2.75, 3.05) is 11.9 Å². The number of amides is 3. The van der Waals surface area contributed by atoms with Gasteiger partial charge in [-0.3, -0.25) is 14.4 Å². The number of nitrogens with one attached hydrogen (secondary N) is 2. The van der Waals surface area contributed by atoms with Crippen LogP contribution >= 0.6 is 23.4 Å². The normalized spacial score (nSPS) is 30.2. The number of halogens is 1. The summed E-state index contributed by atoms with van der Waals surface area (Å²) in [4.78, 5) is 44.2. The molecule has 7 atom stereocenters. The van der Waals surface area contributed by atoms with Gasteiger partial charge in [0, 0.05) is 11.3 Å². The van der Waals surface area contributed by atoms with Gasteiger partial charge in [-0.15, -0.1) is 11.8 Å². The standard InChI is InChI=1S/C31H38ClN3O4S/c1-5-18(2)22(17-36)35-26(28(38)34-25-19(3)10-9-13-21(25)32)31-15-14-30(4,40-31)23(24(31)29(35)39)27(37)33-16-20-11-7-6-8-12-20/h6-13,18,22-24,26,36H,5,14-17H2,1-4H3,(H,33,37)(H,34,38)/t18-,22-,23-,24-,26?,30+,31?/m0/s1. The van der Waals surface area contributed by atoms with Gasteiger partial charge in [0.05, 0.1) is 39.9 Å². The summed E-state index contributed by atoms with van der Waals surface area (Å²) in [5.41, 5.74) is 2.32. The second-order valence-electron chi connectivity index (χ2n) is 11.7. The van der Waals surface area contributed by atoms with E-state index in [9.17, 15) is 19.5 Å². The minimum absolute atomic E-state index is 0.0373. The summed E-state index contributed by atoms with van der Waals surface area (Å²) in [5, 5.41) is 17.1. The number of likely N-dealkylation sites (tertiary alicyclic amines) is 1. The molecule has 3 aliphatic heterocycles. The van der Waals surface area contributed by atoms with Crippen LogP contribution in [0.5, 0.6) is 0 Å². The van der Waals surface area contributed by atoms with Crippen molar-refractivity contribution >= 4 is 46.8 Å². The minimum atomic E-state index is -0.842. The Bertz CT molecular complexity index is 1290. The lowest BCUT2D eigenvalue weighted by atomic mass is 9.66. The number of aryl methyl sites for hydroxylation is 1. The molecule has 2 unspecified atom stereocenters. The third kappa shape index (κ3) is 4.62. The molecule has 3 N–H and O–H groups in total. The molecule has 5 rings (SSSR count). The van der Waals surface area contributed by atoms with E-state index >= 15 is 0 Å². The largest absolute Gasteiger partial charge is 0.394 e. The maximum Gasteiger partial charge on any atom is 0.248 e. The first-order chi connectivity index (χ1) is 19.1. The predicted molar refractivity (Wildman–Crippen MR) is 159 cm³/mol. The van der Waals surface area contributed by atoms with Crippen LogP contribution in [-0.4, -0.2) is 55.9 Å². The van der Waals surface area contributed by atoms with Crippen LogP contribution in [0.4, 0.5) is 5.69 Å². The van der Waals surface area contributed by atoms with Gasteiger partial charge in [-0.05, 0) is 49.8 Å². The molecule has 2 aromatic carbocycles. The summed E-state index contributed by atoms with van der Waals surface area (Å²) in [6.07, 6.45) is 2.10. The first-order valence-corrected chi connectivity index (χ1v) is 15.3. The molecular weight excluding hydrogens is 546 g/mol. The first-order valence-electron chi connectivity index (χ1n) is 14.1. The summed E-state index contributed by atoms with van der Waals surface area (Å²) in [5.74, 6) is -1.98. The molecule has 7 nitrogen and oxygen atoms in total. The van der Waals surface area contributed by atoms with Gasteiger partial charge in [0.2, 0.25) is 17.7 Å². The van der Waals surface area contributed by atoms with E-state index in [1.54, 1.807) is 22.7 Å². The molecule has 3 saturated heterocycles. The van der Waals surface area contributed by atoms with Crippen LogP contribution < -0.4 is 10.6 Å². The van der Waals surface area contributed by atoms with Crippen LogP contribution in [-0.2, 0) is 20.9 Å². The van der Waals surface area contributed by atoms with E-state index in [1.807, 2.05) is 63.2 Å². The maximum absolute atomic E-state index is 14.4. The van der Waals surface area contributed by atoms with E-state index in [4.69, 9.17) is 11.6 Å². The molecule has 40 heavy (non-hydrogen) atoms. The first kappa shape index (κ1) is 29.0. The number of hydrogen-bond acceptors (Lipinski definition) is 5. The quantitative estimate of drug-likeness (QED) is 0.394. The highest BCUT2D eigenvalue weighted by molar-refractivity contribution is 8.02. The van der Waals surface area contributed by atoms with Crippen molar-refractivity contribution in [3.8, 4) is 0 Å². The van der Waals surface area contributed by atoms with Crippen LogP contribution in [0.25, 0.3) is 0 Å². The zero-order chi connectivity index (χ0) is 28.8. The van der Waals surface area contributed by atoms with E-state index in [0.29, 0.717) is 23.7 Å². The van der Waals surface area contributed by atoms with Crippen LogP contribution in [0.1, 0.15) is 51.2 Å². The Morgan fingerprint density at radius 3 is 2.52 bits per heavy atom. The zero-order valence-electron chi connectivity index (χ0n) is 23.4. The van der Waals surface area contributed by atoms with Gasteiger partial charge in [-0.1, -0.05) is 74.3 Å². The number of thioether (sulfide) groups is 1. The smallest absolute Gasteiger partial charge is 0.248 e. The Kier molecular flexibility index (Phi) is 7.98. The Balaban J connectivity index is 1.53. The van der Waals surface area contributed by atoms with Crippen LogP contribution in [0, 0.1) is 24.7 Å². The highest BCUT2D eigenvalue weighted by atomic mass is 35.5. The Labute approximate surface area is 245 Å². The van der Waals surface area contributed by atoms with E-state index in [0.717, 1.165) is 24.0 Å². The van der Waals surface area contributed by atoms with Crippen molar-refractivity contribution in [2.24, 2.45) is 17.8 Å². The number of aliphatic hydroxyl groups is 1. The van der Waals surface area contributed by atoms with Gasteiger partial charge < -0.3 is 20.6 Å². The highest BCUT2D eigenvalue weighted by Gasteiger charge is 2.77. The monoisotopic (exact) mass is 583 g/mol. The number of carbonyl (C=O) groups excluding carboxylic acids is 3. The Morgan fingerprint density at radius 1 is 1.15 bits per heavy atom. The fourth-order valence-electron chi connectivity index (χ4n) is 7.11. The molecular formula is C31H38ClN3O4S. The van der Waals surface area contributed by atoms with Crippen LogP contribution in [0.2, 0.25) is 5.02 Å². The summed E-state index contributed by atoms with van der Waals surface area (Å²) < 4.78 is -1.25. The second-order valence-corrected chi connectivity index (χ2v) is 14.0. The second kappa shape index (κ2) is 11.0. The lowest BCUT2D eigenvalue weighted by Gasteiger charge is -2.39. The SMILES string of the molecule is CC[C@H](C)[C@H](CO)N1C(=O)[C@@H]2[C@@H](C(=O)NCc3ccccc3)[C@@]3(C)CCC2(S3)C1C(=O)Nc1c(C)cccc1Cl. The van der Waals surface area contributed by atoms with E-state index in [2.05, 4.69) is 17.6 Å². The summed E-state index contributed by atoms with van der Waals surface area (Å²) >= 11 is 8.10. The van der Waals surface area contributed by atoms with Crippen molar-refractivity contribution in [1.82, 2.24) is 10.2 Å². The molecule has 3 amide bonds. The maximum atomic E-state index is 14.4. The molecule has 214 valence electrons. The Hall–Kier alpha value is -2.55. The molecule has 1 spiro atoms. The van der Waals surface area contributed by atoms with Crippen LogP contribution in [0.3, 0.4) is 0 Å². The number of aliphatic hydroxyl groups excluding tert-OH is 1. The number of para-hydroxylation sites is 1. The van der Waals surface area contributed by atoms with Crippen LogP contribution in [0.15, 0.2) is 48.5 Å². The van der Waals surface area contributed by atoms with Crippen molar-refractivity contribution in [2.45, 2.75) is 75.1 Å². The fraction of sp³-hybridized carbons (Fsp3) is 0.516. The van der Waals surface area contributed by atoms with Gasteiger partial charge in [0.1, 0.15) is 6.04 Å². The molecule has 2 aromatic rings. The Morgan fingerprint density at radius 2 is 1.88 bits per heavy atom. The van der Waals surface area contributed by atoms with Gasteiger partial charge in [0.25, 0.3) is 0 Å². The molecule has 9 heteroatoms. The van der Waals surface area contributed by atoms with Gasteiger partial charge in [-0.2, -0.15) is 0 Å². The topological polar surface area (TPSA) is 98.7 Å². The third-order valence-corrected chi connectivity index (χ3v) is 11.7. The number of nitrogens with zero attached hydrogens (tertiary/aromatic N) is 1. The number of rotatable bonds is 9. The molecule has 0 radical (unpaired) electrons. The number of fused-ring (bicyclic) bond motifs is 1. The van der Waals surface area contributed by atoms with E-state index < -0.39 is 33.4 Å². The van der Waals surface area contributed by atoms with Crippen molar-refractivity contribution in [3.63, 3.8) is 0 Å². The number of benzene rings is 2. The van der Waals surface area contributed by atoms with E-state index in [1.165, 1.54) is 0 Å². The fourth-order valence-corrected chi connectivity index (χ4v) is 9.72. The average molecular weight is 584 g/mol. The molecule has 0 aromatic heterocycles. The summed E-state index contributed by atoms with van der Waals surface area (Å²) in [7, 11) is 0. The lowest BCUT2D eigenvalue weighted by molar-refractivity contribution is -0.143. The molecule has 3 fully saturated rings. The molecule has 2 bridgehead atoms. The van der Waals surface area contributed by atoms with Gasteiger partial charge in [0.15, 0.2) is 0 Å². The highest BCUT2D eigenvalue weighted by Crippen LogP contribution is 2.71. The third-order valence-electron chi connectivity index (χ3n) is 9.37. The average Bonchev–Trinajstić information content (AvgIpc) is 3.51. The molecule has 0 aliphatic carbocycles. The van der Waals surface area contributed by atoms with E-state index in [-0.39, 0.29) is 30.2 Å². The van der Waals surface area contributed by atoms with Crippen molar-refractivity contribution < 1.29 is 19.5 Å². The molecule has 3 heterocycles. The van der Waals surface area contributed by atoms with Gasteiger partial charge in [-0.25, -0.2) is 0 Å². The predicted octanol–water partition coefficient (Wildman–Crippen LogP) is 4.79. The van der Waals surface area contributed by atoms with Gasteiger partial charge >= 0.3 is 0 Å². The number of anilines is 1. The van der Waals surface area contributed by atoms with Crippen molar-refractivity contribution in [1.29, 1.82) is 0 Å². The minimum Gasteiger partial charge on any atom is -0.394 e. The van der Waals surface area contributed by atoms with Crippen molar-refractivity contribution in [3.05, 3.63) is 64.7 Å². The number of carbonyl (C=O) groups is 3. The molecule has 0 saturated carbocycles. The number of hydrogen-bond donors (Lipinski definition) is 3. The lowest BCUT2D eigenvalue weighted by Crippen LogP contribution is -2.56. The zero-order valence-corrected chi connectivity index (χ0v) is 25.0.